The lowest BCUT2D eigenvalue weighted by atomic mass is 10.0. The fourth-order valence-electron chi connectivity index (χ4n) is 2.26. The van der Waals surface area contributed by atoms with Gasteiger partial charge in [0.05, 0.1) is 11.4 Å². The normalized spacial score (nSPS) is 10.5. The Hall–Kier alpha value is -2.45. The van der Waals surface area contributed by atoms with Gasteiger partial charge in [-0.05, 0) is 31.2 Å². The van der Waals surface area contributed by atoms with Crippen LogP contribution in [0.1, 0.15) is 15.9 Å². The van der Waals surface area contributed by atoms with E-state index >= 15 is 0 Å². The van der Waals surface area contributed by atoms with E-state index in [4.69, 9.17) is 11.6 Å². The molecule has 0 N–H and O–H groups in total. The van der Waals surface area contributed by atoms with E-state index in [1.54, 1.807) is 12.1 Å². The minimum atomic E-state index is 0.607. The maximum Gasteiger partial charge on any atom is 0.150 e. The number of aryl methyl sites for hydroxylation is 1. The van der Waals surface area contributed by atoms with E-state index in [1.807, 2.05) is 55.5 Å². The second kappa shape index (κ2) is 6.12. The third kappa shape index (κ3) is 3.07. The third-order valence-electron chi connectivity index (χ3n) is 3.47. The summed E-state index contributed by atoms with van der Waals surface area (Å²) in [6.45, 7) is 2.04. The molecule has 0 unspecified atom stereocenters. The maximum atomic E-state index is 11.2. The average Bonchev–Trinajstić information content (AvgIpc) is 2.55. The Morgan fingerprint density at radius 2 is 1.36 bits per heavy atom. The number of rotatable bonds is 3. The molecule has 2 aromatic carbocycles. The van der Waals surface area contributed by atoms with Crippen LogP contribution < -0.4 is 0 Å². The van der Waals surface area contributed by atoms with Crippen LogP contribution >= 0.6 is 11.6 Å². The summed E-state index contributed by atoms with van der Waals surface area (Å²) in [5.74, 6) is 0. The highest BCUT2D eigenvalue weighted by Gasteiger charge is 2.07. The van der Waals surface area contributed by atoms with Crippen LogP contribution in [0.15, 0.2) is 60.7 Å². The zero-order valence-electron chi connectivity index (χ0n) is 12.1. The van der Waals surface area contributed by atoms with Crippen molar-refractivity contribution in [2.24, 2.45) is 0 Å². The molecule has 0 atom stereocenters. The van der Waals surface area contributed by atoms with Crippen molar-refractivity contribution in [3.05, 3.63) is 76.8 Å². The summed E-state index contributed by atoms with van der Waals surface area (Å²) in [6, 6.07) is 19.1. The number of carbonyl (C=O) groups is 1. The van der Waals surface area contributed by atoms with Crippen LogP contribution in [-0.2, 0) is 0 Å². The van der Waals surface area contributed by atoms with Crippen molar-refractivity contribution in [1.29, 1.82) is 0 Å². The summed E-state index contributed by atoms with van der Waals surface area (Å²) < 4.78 is 0. The molecule has 3 aromatic rings. The summed E-state index contributed by atoms with van der Waals surface area (Å²) >= 11 is 5.92. The molecule has 0 fully saturated rings. The van der Waals surface area contributed by atoms with Crippen LogP contribution in [0.5, 0.6) is 0 Å². The van der Waals surface area contributed by atoms with E-state index in [-0.39, 0.29) is 0 Å². The summed E-state index contributed by atoms with van der Waals surface area (Å²) in [4.78, 5) is 15.9. The van der Waals surface area contributed by atoms with Gasteiger partial charge in [-0.2, -0.15) is 0 Å². The Morgan fingerprint density at radius 1 is 0.864 bits per heavy atom. The molecule has 0 saturated heterocycles. The molecule has 0 aliphatic rings. The minimum absolute atomic E-state index is 0.607. The molecule has 0 aliphatic heterocycles. The molecule has 1 aromatic heterocycles. The molecule has 3 rings (SSSR count). The Balaban J connectivity index is 2.12. The molecule has 0 bridgehead atoms. The highest BCUT2D eigenvalue weighted by Crippen LogP contribution is 2.25. The van der Waals surface area contributed by atoms with Gasteiger partial charge in [-0.1, -0.05) is 53.6 Å². The highest BCUT2D eigenvalue weighted by molar-refractivity contribution is 6.30. The zero-order chi connectivity index (χ0) is 15.5. The van der Waals surface area contributed by atoms with Gasteiger partial charge >= 0.3 is 0 Å². The molecule has 0 saturated carbocycles. The monoisotopic (exact) mass is 307 g/mol. The predicted octanol–water partition coefficient (Wildman–Crippen LogP) is 5.19. The number of halogens is 1. The molecule has 0 amide bonds. The molecular weight excluding hydrogens is 294 g/mol. The van der Waals surface area contributed by atoms with Gasteiger partial charge in [0.25, 0.3) is 0 Å². The fourth-order valence-corrected chi connectivity index (χ4v) is 2.39. The van der Waals surface area contributed by atoms with Gasteiger partial charge < -0.3 is 0 Å². The summed E-state index contributed by atoms with van der Waals surface area (Å²) in [7, 11) is 0. The van der Waals surface area contributed by atoms with Crippen molar-refractivity contribution in [1.82, 2.24) is 4.98 Å². The van der Waals surface area contributed by atoms with Gasteiger partial charge in [0.2, 0.25) is 0 Å². The van der Waals surface area contributed by atoms with Crippen molar-refractivity contribution in [2.75, 3.05) is 0 Å². The van der Waals surface area contributed by atoms with Crippen molar-refractivity contribution in [3.8, 4) is 22.5 Å². The number of carbonyl (C=O) groups excluding carboxylic acids is 1. The van der Waals surface area contributed by atoms with Crippen LogP contribution in [0.4, 0.5) is 0 Å². The van der Waals surface area contributed by atoms with Crippen LogP contribution in [0.3, 0.4) is 0 Å². The number of benzene rings is 2. The van der Waals surface area contributed by atoms with Crippen molar-refractivity contribution in [2.45, 2.75) is 6.92 Å². The third-order valence-corrected chi connectivity index (χ3v) is 3.72. The van der Waals surface area contributed by atoms with E-state index in [9.17, 15) is 4.79 Å². The van der Waals surface area contributed by atoms with Crippen molar-refractivity contribution in [3.63, 3.8) is 0 Å². The number of hydrogen-bond acceptors (Lipinski definition) is 2. The van der Waals surface area contributed by atoms with Gasteiger partial charge in [-0.15, -0.1) is 0 Å². The molecule has 0 aliphatic carbocycles. The van der Waals surface area contributed by atoms with E-state index in [0.29, 0.717) is 10.6 Å². The quantitative estimate of drug-likeness (QED) is 0.623. The molecule has 22 heavy (non-hydrogen) atoms. The summed E-state index contributed by atoms with van der Waals surface area (Å²) in [5, 5.41) is 0.675. The Labute approximate surface area is 134 Å². The van der Waals surface area contributed by atoms with Gasteiger partial charge in [-0.25, -0.2) is 4.98 Å². The van der Waals surface area contributed by atoms with Crippen LogP contribution in [0, 0.1) is 6.92 Å². The van der Waals surface area contributed by atoms with Crippen LogP contribution in [-0.4, -0.2) is 11.3 Å². The molecule has 0 radical (unpaired) electrons. The van der Waals surface area contributed by atoms with Gasteiger partial charge in [0.1, 0.15) is 6.29 Å². The molecule has 3 heteroatoms. The lowest BCUT2D eigenvalue weighted by molar-refractivity contribution is 0.112. The first-order chi connectivity index (χ1) is 10.7. The van der Waals surface area contributed by atoms with Gasteiger partial charge in [0, 0.05) is 21.7 Å². The molecule has 1 heterocycles. The summed E-state index contributed by atoms with van der Waals surface area (Å²) in [5.41, 5.74) is 5.26. The van der Waals surface area contributed by atoms with Gasteiger partial charge in [0.15, 0.2) is 0 Å². The standard InChI is InChI=1S/C19H14ClNO/c1-13-2-4-15(5-3-13)18-10-14(12-22)11-19(21-18)16-6-8-17(20)9-7-16/h2-12H,1H3. The smallest absolute Gasteiger partial charge is 0.150 e. The topological polar surface area (TPSA) is 30.0 Å². The van der Waals surface area contributed by atoms with E-state index in [2.05, 4.69) is 4.98 Å². The largest absolute Gasteiger partial charge is 0.298 e. The number of hydrogen-bond donors (Lipinski definition) is 0. The van der Waals surface area contributed by atoms with E-state index in [1.165, 1.54) is 5.56 Å². The molecule has 2 nitrogen and oxygen atoms in total. The zero-order valence-corrected chi connectivity index (χ0v) is 12.8. The second-order valence-corrected chi connectivity index (χ2v) is 5.60. The maximum absolute atomic E-state index is 11.2. The van der Waals surface area contributed by atoms with Crippen molar-refractivity contribution >= 4 is 17.9 Å². The van der Waals surface area contributed by atoms with Crippen LogP contribution in [0.2, 0.25) is 5.02 Å². The first-order valence-electron chi connectivity index (χ1n) is 6.96. The minimum Gasteiger partial charge on any atom is -0.298 e. The molecule has 0 spiro atoms. The molecular formula is C19H14ClNO. The summed E-state index contributed by atoms with van der Waals surface area (Å²) in [6.07, 6.45) is 0.846. The van der Waals surface area contributed by atoms with Crippen molar-refractivity contribution < 1.29 is 4.79 Å². The first-order valence-corrected chi connectivity index (χ1v) is 7.34. The lowest BCUT2D eigenvalue weighted by Crippen LogP contribution is -1.92. The Kier molecular flexibility index (Phi) is 4.03. The number of nitrogens with zero attached hydrogens (tertiary/aromatic N) is 1. The lowest BCUT2D eigenvalue weighted by Gasteiger charge is -2.07. The number of pyridine rings is 1. The second-order valence-electron chi connectivity index (χ2n) is 5.16. The Bertz CT molecular complexity index is 744. The highest BCUT2D eigenvalue weighted by atomic mass is 35.5. The predicted molar refractivity (Wildman–Crippen MR) is 90.2 cm³/mol. The average molecular weight is 308 g/mol. The number of aromatic nitrogens is 1. The molecule has 108 valence electrons. The van der Waals surface area contributed by atoms with E-state index in [0.717, 1.165) is 28.8 Å². The van der Waals surface area contributed by atoms with E-state index < -0.39 is 0 Å². The fraction of sp³-hybridized carbons (Fsp3) is 0.0526. The Morgan fingerprint density at radius 3 is 1.86 bits per heavy atom. The number of aldehydes is 1. The SMILES string of the molecule is Cc1ccc(-c2cc(C=O)cc(-c3ccc(Cl)cc3)n2)cc1. The van der Waals surface area contributed by atoms with Crippen LogP contribution in [0.25, 0.3) is 22.5 Å². The first kappa shape index (κ1) is 14.5. The van der Waals surface area contributed by atoms with Gasteiger partial charge in [-0.3, -0.25) is 4.79 Å².